The largest absolute Gasteiger partial charge is 0.491 e. The minimum atomic E-state index is -0.771. The van der Waals surface area contributed by atoms with E-state index in [-0.39, 0.29) is 18.7 Å². The molecule has 0 spiro atoms. The molecule has 23 heavy (non-hydrogen) atoms. The van der Waals surface area contributed by atoms with E-state index in [1.807, 2.05) is 0 Å². The normalized spacial score (nSPS) is 12.5. The quantitative estimate of drug-likeness (QED) is 0.760. The summed E-state index contributed by atoms with van der Waals surface area (Å²) in [6.07, 6.45) is 0.538. The number of halogens is 1. The Morgan fingerprint density at radius 2 is 2.09 bits per heavy atom. The van der Waals surface area contributed by atoms with Gasteiger partial charge in [0, 0.05) is 16.8 Å². The predicted octanol–water partition coefficient (Wildman–Crippen LogP) is 1.29. The highest BCUT2D eigenvalue weighted by Gasteiger charge is 2.13. The Hall–Kier alpha value is -2.38. The summed E-state index contributed by atoms with van der Waals surface area (Å²) in [5.41, 5.74) is 0.444. The molecule has 0 aliphatic carbocycles. The van der Waals surface area contributed by atoms with Gasteiger partial charge < -0.3 is 14.4 Å². The van der Waals surface area contributed by atoms with Crippen LogP contribution in [0.5, 0.6) is 5.75 Å². The summed E-state index contributed by atoms with van der Waals surface area (Å²) < 4.78 is 8.45. The molecule has 1 aromatic carbocycles. The van der Waals surface area contributed by atoms with Crippen molar-refractivity contribution in [1.29, 1.82) is 0 Å². The van der Waals surface area contributed by atoms with Crippen molar-refractivity contribution >= 4 is 17.4 Å². The predicted molar refractivity (Wildman–Crippen MR) is 84.9 cm³/mol. The van der Waals surface area contributed by atoms with E-state index in [1.54, 1.807) is 35.8 Å². The second-order valence-electron chi connectivity index (χ2n) is 5.13. The van der Waals surface area contributed by atoms with Gasteiger partial charge in [-0.2, -0.15) is 14.6 Å². The number of ether oxygens (including phenoxy) is 1. The standard InChI is InChI=1S/C15H15ClN4O3/c1-10-6-14(22)20-15(17-9-18-20)19(10)7-12(21)8-23-13-4-2-11(16)3-5-13/h2-6,9,12,21H,7-8H2,1H3. The van der Waals surface area contributed by atoms with E-state index < -0.39 is 6.10 Å². The van der Waals surface area contributed by atoms with Gasteiger partial charge in [-0.3, -0.25) is 4.79 Å². The number of aromatic nitrogens is 4. The molecule has 1 N–H and O–H groups in total. The maximum Gasteiger partial charge on any atom is 0.275 e. The van der Waals surface area contributed by atoms with Gasteiger partial charge >= 0.3 is 0 Å². The highest BCUT2D eigenvalue weighted by atomic mass is 35.5. The van der Waals surface area contributed by atoms with E-state index in [9.17, 15) is 9.90 Å². The number of hydrogen-bond donors (Lipinski definition) is 1. The van der Waals surface area contributed by atoms with Crippen LogP contribution in [0.1, 0.15) is 5.69 Å². The highest BCUT2D eigenvalue weighted by molar-refractivity contribution is 6.30. The molecule has 0 amide bonds. The topological polar surface area (TPSA) is 81.7 Å². The number of benzene rings is 1. The smallest absolute Gasteiger partial charge is 0.275 e. The molecule has 8 heteroatoms. The van der Waals surface area contributed by atoms with Crippen molar-refractivity contribution in [3.8, 4) is 5.75 Å². The maximum atomic E-state index is 11.8. The molecule has 0 aliphatic heterocycles. The van der Waals surface area contributed by atoms with Gasteiger partial charge in [0.15, 0.2) is 0 Å². The molecule has 0 fully saturated rings. The first-order valence-corrected chi connectivity index (χ1v) is 7.39. The molecular weight excluding hydrogens is 320 g/mol. The summed E-state index contributed by atoms with van der Waals surface area (Å²) in [5.74, 6) is 1.01. The zero-order valence-electron chi connectivity index (χ0n) is 12.4. The maximum absolute atomic E-state index is 11.8. The van der Waals surface area contributed by atoms with Crippen molar-refractivity contribution in [3.63, 3.8) is 0 Å². The molecule has 0 aliphatic rings. The van der Waals surface area contributed by atoms with E-state index in [0.29, 0.717) is 22.2 Å². The first-order valence-electron chi connectivity index (χ1n) is 7.01. The molecule has 0 radical (unpaired) electrons. The number of nitrogens with zero attached hydrogens (tertiary/aromatic N) is 4. The summed E-state index contributed by atoms with van der Waals surface area (Å²) >= 11 is 5.81. The fraction of sp³-hybridized carbons (Fsp3) is 0.267. The summed E-state index contributed by atoms with van der Waals surface area (Å²) in [6.45, 7) is 2.12. The van der Waals surface area contributed by atoms with Crippen molar-refractivity contribution in [2.45, 2.75) is 19.6 Å². The molecule has 120 valence electrons. The van der Waals surface area contributed by atoms with E-state index in [1.165, 1.54) is 16.9 Å². The average molecular weight is 335 g/mol. The molecule has 1 atom stereocenters. The summed E-state index contributed by atoms with van der Waals surface area (Å²) in [6, 6.07) is 8.35. The van der Waals surface area contributed by atoms with E-state index in [4.69, 9.17) is 16.3 Å². The minimum absolute atomic E-state index is 0.105. The molecule has 0 saturated heterocycles. The number of hydrogen-bond acceptors (Lipinski definition) is 5. The first-order chi connectivity index (χ1) is 11.0. The molecule has 2 heterocycles. The molecule has 0 saturated carbocycles. The van der Waals surface area contributed by atoms with Crippen LogP contribution in [-0.2, 0) is 6.54 Å². The van der Waals surface area contributed by atoms with Gasteiger partial charge in [0.1, 0.15) is 24.8 Å². The van der Waals surface area contributed by atoms with Crippen molar-refractivity contribution in [2.24, 2.45) is 0 Å². The second-order valence-corrected chi connectivity index (χ2v) is 5.56. The van der Waals surface area contributed by atoms with Gasteiger partial charge in [0.05, 0.1) is 6.54 Å². The average Bonchev–Trinajstić information content (AvgIpc) is 3.01. The Morgan fingerprint density at radius 1 is 1.35 bits per heavy atom. The highest BCUT2D eigenvalue weighted by Crippen LogP contribution is 2.16. The van der Waals surface area contributed by atoms with Gasteiger partial charge in [0.2, 0.25) is 5.78 Å². The molecule has 2 aromatic heterocycles. The molecule has 7 nitrogen and oxygen atoms in total. The van der Waals surface area contributed by atoms with Crippen LogP contribution in [0, 0.1) is 6.92 Å². The van der Waals surface area contributed by atoms with Crippen LogP contribution in [0.4, 0.5) is 0 Å². The lowest BCUT2D eigenvalue weighted by Gasteiger charge is -2.16. The summed E-state index contributed by atoms with van der Waals surface area (Å²) in [7, 11) is 0. The lowest BCUT2D eigenvalue weighted by molar-refractivity contribution is 0.0925. The third-order valence-corrected chi connectivity index (χ3v) is 3.64. The number of fused-ring (bicyclic) bond motifs is 1. The van der Waals surface area contributed by atoms with Gasteiger partial charge in [0.25, 0.3) is 5.56 Å². The Kier molecular flexibility index (Phi) is 4.31. The first kappa shape index (κ1) is 15.5. The van der Waals surface area contributed by atoms with Gasteiger partial charge in [-0.05, 0) is 31.2 Å². The Labute approximate surface area is 136 Å². The zero-order chi connectivity index (χ0) is 16.4. The van der Waals surface area contributed by atoms with Crippen molar-refractivity contribution < 1.29 is 9.84 Å². The SMILES string of the molecule is Cc1cc(=O)n2ncnc2n1CC(O)COc1ccc(Cl)cc1. The number of aryl methyl sites for hydroxylation is 1. The molecule has 3 rings (SSSR count). The van der Waals surface area contributed by atoms with Crippen molar-refractivity contribution in [3.05, 3.63) is 57.7 Å². The van der Waals surface area contributed by atoms with Crippen molar-refractivity contribution in [2.75, 3.05) is 6.61 Å². The van der Waals surface area contributed by atoms with Gasteiger partial charge in [-0.25, -0.2) is 0 Å². The van der Waals surface area contributed by atoms with Crippen LogP contribution >= 0.6 is 11.6 Å². The van der Waals surface area contributed by atoms with Crippen LogP contribution < -0.4 is 10.3 Å². The zero-order valence-corrected chi connectivity index (χ0v) is 13.1. The van der Waals surface area contributed by atoms with Crippen LogP contribution in [0.2, 0.25) is 5.02 Å². The molecular formula is C15H15ClN4O3. The molecule has 3 aromatic rings. The van der Waals surface area contributed by atoms with Crippen LogP contribution in [0.3, 0.4) is 0 Å². The van der Waals surface area contributed by atoms with Gasteiger partial charge in [-0.1, -0.05) is 11.6 Å². The fourth-order valence-electron chi connectivity index (χ4n) is 2.26. The lowest BCUT2D eigenvalue weighted by atomic mass is 10.3. The van der Waals surface area contributed by atoms with E-state index >= 15 is 0 Å². The number of aliphatic hydroxyl groups is 1. The fourth-order valence-corrected chi connectivity index (χ4v) is 2.39. The lowest BCUT2D eigenvalue weighted by Crippen LogP contribution is -2.28. The Morgan fingerprint density at radius 3 is 2.83 bits per heavy atom. The van der Waals surface area contributed by atoms with Crippen molar-refractivity contribution in [1.82, 2.24) is 19.2 Å². The van der Waals surface area contributed by atoms with E-state index in [2.05, 4.69) is 10.1 Å². The number of rotatable bonds is 5. The summed E-state index contributed by atoms with van der Waals surface area (Å²) in [5, 5.41) is 14.7. The van der Waals surface area contributed by atoms with E-state index in [0.717, 1.165) is 0 Å². The Bertz CT molecular complexity index is 873. The summed E-state index contributed by atoms with van der Waals surface area (Å²) in [4.78, 5) is 15.9. The molecule has 0 bridgehead atoms. The third kappa shape index (κ3) is 3.35. The van der Waals surface area contributed by atoms with Crippen LogP contribution in [0.25, 0.3) is 5.78 Å². The van der Waals surface area contributed by atoms with Crippen LogP contribution in [-0.4, -0.2) is 37.0 Å². The Balaban J connectivity index is 1.73. The second kappa shape index (κ2) is 6.39. The van der Waals surface area contributed by atoms with Gasteiger partial charge in [-0.15, -0.1) is 0 Å². The third-order valence-electron chi connectivity index (χ3n) is 3.39. The van der Waals surface area contributed by atoms with Crippen LogP contribution in [0.15, 0.2) is 41.5 Å². The number of aliphatic hydroxyl groups excluding tert-OH is 1. The molecule has 1 unspecified atom stereocenters. The monoisotopic (exact) mass is 334 g/mol. The minimum Gasteiger partial charge on any atom is -0.491 e.